The molecule has 2 aromatic rings. The van der Waals surface area contributed by atoms with E-state index in [1.807, 2.05) is 6.07 Å². The average molecular weight is 261 g/mol. The van der Waals surface area contributed by atoms with E-state index in [4.69, 9.17) is 16.7 Å². The summed E-state index contributed by atoms with van der Waals surface area (Å²) in [6.07, 6.45) is 0. The van der Waals surface area contributed by atoms with Gasteiger partial charge in [0.15, 0.2) is 5.78 Å². The van der Waals surface area contributed by atoms with Crippen molar-refractivity contribution in [3.8, 4) is 0 Å². The van der Waals surface area contributed by atoms with Crippen LogP contribution in [0.3, 0.4) is 0 Å². The van der Waals surface area contributed by atoms with Gasteiger partial charge in [0.05, 0.1) is 10.6 Å². The number of ketones is 1. The van der Waals surface area contributed by atoms with Gasteiger partial charge in [-0.05, 0) is 12.1 Å². The fourth-order valence-electron chi connectivity index (χ4n) is 1.59. The lowest BCUT2D eigenvalue weighted by Gasteiger charge is -2.03. The monoisotopic (exact) mass is 260 g/mol. The second-order valence-corrected chi connectivity index (χ2v) is 4.10. The molecule has 0 saturated carbocycles. The molecular weight excluding hydrogens is 252 g/mol. The van der Waals surface area contributed by atoms with E-state index in [1.54, 1.807) is 24.3 Å². The maximum absolute atomic E-state index is 12.1. The Kier molecular flexibility index (Phi) is 3.44. The number of aromatic carboxylic acids is 1. The molecule has 0 spiro atoms. The van der Waals surface area contributed by atoms with Crippen LogP contribution in [-0.2, 0) is 0 Å². The molecule has 0 heterocycles. The van der Waals surface area contributed by atoms with Crippen LogP contribution in [0.4, 0.5) is 0 Å². The first kappa shape index (κ1) is 12.3. The Balaban J connectivity index is 2.39. The van der Waals surface area contributed by atoms with Crippen molar-refractivity contribution in [3.63, 3.8) is 0 Å². The highest BCUT2D eigenvalue weighted by Crippen LogP contribution is 2.20. The van der Waals surface area contributed by atoms with Crippen molar-refractivity contribution in [2.75, 3.05) is 0 Å². The molecule has 3 nitrogen and oxygen atoms in total. The minimum absolute atomic E-state index is 0.0127. The zero-order valence-corrected chi connectivity index (χ0v) is 10.0. The summed E-state index contributed by atoms with van der Waals surface area (Å²) in [6.45, 7) is 0. The van der Waals surface area contributed by atoms with Gasteiger partial charge in [0.1, 0.15) is 0 Å². The van der Waals surface area contributed by atoms with E-state index in [0.29, 0.717) is 11.1 Å². The minimum atomic E-state index is -1.11. The molecule has 0 amide bonds. The molecule has 0 fully saturated rings. The van der Waals surface area contributed by atoms with E-state index in [9.17, 15) is 9.59 Å². The van der Waals surface area contributed by atoms with E-state index < -0.39 is 5.97 Å². The lowest BCUT2D eigenvalue weighted by molar-refractivity contribution is 0.0696. The zero-order valence-electron chi connectivity index (χ0n) is 9.26. The Morgan fingerprint density at radius 2 is 1.61 bits per heavy atom. The van der Waals surface area contributed by atoms with Crippen molar-refractivity contribution in [1.82, 2.24) is 0 Å². The summed E-state index contributed by atoms with van der Waals surface area (Å²) in [6, 6.07) is 12.9. The molecule has 0 saturated heterocycles. The van der Waals surface area contributed by atoms with Crippen LogP contribution in [-0.4, -0.2) is 16.9 Å². The molecule has 0 aliphatic rings. The highest BCUT2D eigenvalue weighted by Gasteiger charge is 2.13. The molecule has 0 atom stereocenters. The third-order valence-electron chi connectivity index (χ3n) is 2.50. The predicted molar refractivity (Wildman–Crippen MR) is 68.3 cm³/mol. The standard InChI is InChI=1S/C14H9ClO3/c15-12-8-10(6-7-11(12)14(17)18)13(16)9-4-2-1-3-5-9/h1-8H,(H,17,18). The van der Waals surface area contributed by atoms with Gasteiger partial charge in [-0.1, -0.05) is 48.0 Å². The molecule has 0 radical (unpaired) electrons. The second-order valence-electron chi connectivity index (χ2n) is 3.69. The van der Waals surface area contributed by atoms with Gasteiger partial charge in [-0.2, -0.15) is 0 Å². The molecule has 0 unspecified atom stereocenters. The van der Waals surface area contributed by atoms with E-state index in [2.05, 4.69) is 0 Å². The molecule has 2 aromatic carbocycles. The van der Waals surface area contributed by atoms with Gasteiger partial charge >= 0.3 is 5.97 Å². The number of benzene rings is 2. The van der Waals surface area contributed by atoms with Crippen molar-refractivity contribution in [1.29, 1.82) is 0 Å². The van der Waals surface area contributed by atoms with Crippen LogP contribution in [0, 0.1) is 0 Å². The fraction of sp³-hybridized carbons (Fsp3) is 0. The first-order valence-corrected chi connectivity index (χ1v) is 5.60. The summed E-state index contributed by atoms with van der Waals surface area (Å²) in [5.41, 5.74) is 0.897. The van der Waals surface area contributed by atoms with Gasteiger partial charge < -0.3 is 5.11 Å². The molecule has 4 heteroatoms. The van der Waals surface area contributed by atoms with Crippen molar-refractivity contribution in [2.45, 2.75) is 0 Å². The molecule has 0 aliphatic heterocycles. The van der Waals surface area contributed by atoms with Crippen molar-refractivity contribution >= 4 is 23.4 Å². The number of carboxylic acids is 1. The minimum Gasteiger partial charge on any atom is -0.478 e. The molecule has 90 valence electrons. The van der Waals surface area contributed by atoms with Crippen LogP contribution in [0.5, 0.6) is 0 Å². The highest BCUT2D eigenvalue weighted by atomic mass is 35.5. The van der Waals surface area contributed by atoms with E-state index >= 15 is 0 Å². The lowest BCUT2D eigenvalue weighted by Crippen LogP contribution is -2.03. The van der Waals surface area contributed by atoms with Crippen LogP contribution in [0.2, 0.25) is 5.02 Å². The Hall–Kier alpha value is -2.13. The quantitative estimate of drug-likeness (QED) is 0.862. The Morgan fingerprint density at radius 3 is 2.17 bits per heavy atom. The van der Waals surface area contributed by atoms with Gasteiger partial charge in [0.25, 0.3) is 0 Å². The molecule has 18 heavy (non-hydrogen) atoms. The number of hydrogen-bond acceptors (Lipinski definition) is 2. The van der Waals surface area contributed by atoms with E-state index in [1.165, 1.54) is 18.2 Å². The van der Waals surface area contributed by atoms with Gasteiger partial charge in [-0.25, -0.2) is 4.79 Å². The first-order chi connectivity index (χ1) is 8.59. The second kappa shape index (κ2) is 5.02. The zero-order chi connectivity index (χ0) is 13.1. The highest BCUT2D eigenvalue weighted by molar-refractivity contribution is 6.34. The topological polar surface area (TPSA) is 54.4 Å². The number of rotatable bonds is 3. The third-order valence-corrected chi connectivity index (χ3v) is 2.81. The summed E-state index contributed by atoms with van der Waals surface area (Å²) in [5, 5.41) is 8.90. The normalized spacial score (nSPS) is 10.1. The van der Waals surface area contributed by atoms with Crippen molar-refractivity contribution in [3.05, 3.63) is 70.2 Å². The summed E-state index contributed by atoms with van der Waals surface area (Å²) in [4.78, 5) is 22.9. The van der Waals surface area contributed by atoms with Gasteiger partial charge in [0.2, 0.25) is 0 Å². The lowest BCUT2D eigenvalue weighted by atomic mass is 10.0. The molecule has 0 aliphatic carbocycles. The number of halogens is 1. The van der Waals surface area contributed by atoms with Crippen LogP contribution < -0.4 is 0 Å². The number of carboxylic acid groups (broad SMARTS) is 1. The summed E-state index contributed by atoms with van der Waals surface area (Å²) in [5.74, 6) is -1.30. The SMILES string of the molecule is O=C(c1ccccc1)c1ccc(C(=O)O)c(Cl)c1. The average Bonchev–Trinajstić information content (AvgIpc) is 2.38. The molecule has 2 rings (SSSR count). The maximum Gasteiger partial charge on any atom is 0.337 e. The van der Waals surface area contributed by atoms with Gasteiger partial charge in [0, 0.05) is 11.1 Å². The van der Waals surface area contributed by atoms with Crippen molar-refractivity contribution in [2.24, 2.45) is 0 Å². The Labute approximate surface area is 109 Å². The number of carbonyl (C=O) groups is 2. The molecule has 0 aromatic heterocycles. The van der Waals surface area contributed by atoms with E-state index in [0.717, 1.165) is 0 Å². The molecule has 1 N–H and O–H groups in total. The molecular formula is C14H9ClO3. The summed E-state index contributed by atoms with van der Waals surface area (Å²) >= 11 is 5.82. The van der Waals surface area contributed by atoms with E-state index in [-0.39, 0.29) is 16.4 Å². The largest absolute Gasteiger partial charge is 0.478 e. The number of carbonyl (C=O) groups excluding carboxylic acids is 1. The third kappa shape index (κ3) is 2.41. The van der Waals surface area contributed by atoms with Crippen LogP contribution in [0.15, 0.2) is 48.5 Å². The summed E-state index contributed by atoms with van der Waals surface area (Å²) < 4.78 is 0. The predicted octanol–water partition coefficient (Wildman–Crippen LogP) is 3.27. The smallest absolute Gasteiger partial charge is 0.337 e. The van der Waals surface area contributed by atoms with Gasteiger partial charge in [-0.15, -0.1) is 0 Å². The van der Waals surface area contributed by atoms with Crippen LogP contribution >= 0.6 is 11.6 Å². The summed E-state index contributed by atoms with van der Waals surface area (Å²) in [7, 11) is 0. The van der Waals surface area contributed by atoms with Crippen LogP contribution in [0.25, 0.3) is 0 Å². The fourth-order valence-corrected chi connectivity index (χ4v) is 1.85. The van der Waals surface area contributed by atoms with Crippen molar-refractivity contribution < 1.29 is 14.7 Å². The van der Waals surface area contributed by atoms with Crippen LogP contribution in [0.1, 0.15) is 26.3 Å². The first-order valence-electron chi connectivity index (χ1n) is 5.22. The van der Waals surface area contributed by atoms with Gasteiger partial charge in [-0.3, -0.25) is 4.79 Å². The number of hydrogen-bond donors (Lipinski definition) is 1. The Morgan fingerprint density at radius 1 is 0.944 bits per heavy atom. The molecule has 0 bridgehead atoms. The Bertz CT molecular complexity index is 606. The maximum atomic E-state index is 12.1.